The van der Waals surface area contributed by atoms with E-state index in [1.54, 1.807) is 7.11 Å². The van der Waals surface area contributed by atoms with Crippen LogP contribution >= 0.6 is 0 Å². The first kappa shape index (κ1) is 15.5. The molecular weight excluding hydrogens is 244 g/mol. The number of carbonyl (C=O) groups excluding carboxylic acids is 1. The molecule has 5 heteroatoms. The van der Waals surface area contributed by atoms with Crippen LogP contribution in [0.15, 0.2) is 24.3 Å². The van der Waals surface area contributed by atoms with Crippen molar-refractivity contribution in [2.24, 2.45) is 0 Å². The number of benzene rings is 1. The maximum atomic E-state index is 11.0. The van der Waals surface area contributed by atoms with Crippen molar-refractivity contribution >= 4 is 17.3 Å². The first-order valence-corrected chi connectivity index (χ1v) is 6.40. The van der Waals surface area contributed by atoms with Crippen molar-refractivity contribution in [2.75, 3.05) is 44.1 Å². The van der Waals surface area contributed by atoms with Gasteiger partial charge in [-0.15, -0.1) is 0 Å². The smallest absolute Gasteiger partial charge is 0.221 e. The summed E-state index contributed by atoms with van der Waals surface area (Å²) in [5.74, 6) is -0.0660. The van der Waals surface area contributed by atoms with Gasteiger partial charge >= 0.3 is 0 Å². The summed E-state index contributed by atoms with van der Waals surface area (Å²) >= 11 is 0. The zero-order chi connectivity index (χ0) is 13.9. The lowest BCUT2D eigenvalue weighted by Gasteiger charge is -2.09. The van der Waals surface area contributed by atoms with Crippen molar-refractivity contribution in [3.05, 3.63) is 24.3 Å². The summed E-state index contributed by atoms with van der Waals surface area (Å²) in [6.07, 6.45) is 0.925. The van der Waals surface area contributed by atoms with E-state index in [0.717, 1.165) is 24.3 Å². The third kappa shape index (κ3) is 7.43. The predicted molar refractivity (Wildman–Crippen MR) is 76.5 cm³/mol. The fraction of sp³-hybridized carbons (Fsp3) is 0.500. The van der Waals surface area contributed by atoms with Crippen LogP contribution in [0.4, 0.5) is 11.4 Å². The number of methoxy groups -OCH3 is 1. The quantitative estimate of drug-likeness (QED) is 0.672. The summed E-state index contributed by atoms with van der Waals surface area (Å²) in [5.41, 5.74) is 1.79. The molecule has 0 aromatic heterocycles. The summed E-state index contributed by atoms with van der Waals surface area (Å²) in [4.78, 5) is 11.0. The van der Waals surface area contributed by atoms with Gasteiger partial charge in [-0.1, -0.05) is 6.07 Å². The molecule has 0 saturated heterocycles. The largest absolute Gasteiger partial charge is 0.385 e. The molecule has 1 rings (SSSR count). The zero-order valence-corrected chi connectivity index (χ0v) is 11.6. The van der Waals surface area contributed by atoms with E-state index < -0.39 is 0 Å². The predicted octanol–water partition coefficient (Wildman–Crippen LogP) is 2.11. The number of anilines is 2. The molecule has 106 valence electrons. The molecule has 0 bridgehead atoms. The number of hydrogen-bond acceptors (Lipinski definition) is 4. The van der Waals surface area contributed by atoms with Crippen molar-refractivity contribution in [3.63, 3.8) is 0 Å². The van der Waals surface area contributed by atoms with Crippen LogP contribution in [0.3, 0.4) is 0 Å². The van der Waals surface area contributed by atoms with Gasteiger partial charge in [-0.25, -0.2) is 0 Å². The molecule has 1 aromatic carbocycles. The van der Waals surface area contributed by atoms with Gasteiger partial charge in [-0.3, -0.25) is 4.79 Å². The molecule has 0 fully saturated rings. The summed E-state index contributed by atoms with van der Waals surface area (Å²) in [5, 5.41) is 6.04. The van der Waals surface area contributed by atoms with Gasteiger partial charge in [0.1, 0.15) is 0 Å². The second-order valence-corrected chi connectivity index (χ2v) is 4.15. The topological polar surface area (TPSA) is 59.6 Å². The van der Waals surface area contributed by atoms with Gasteiger partial charge in [0, 0.05) is 38.6 Å². The number of amides is 1. The summed E-state index contributed by atoms with van der Waals surface area (Å²) < 4.78 is 10.3. The van der Waals surface area contributed by atoms with Crippen molar-refractivity contribution in [3.8, 4) is 0 Å². The third-order valence-electron chi connectivity index (χ3n) is 2.41. The summed E-state index contributed by atoms with van der Waals surface area (Å²) in [6, 6.07) is 7.65. The highest BCUT2D eigenvalue weighted by atomic mass is 16.5. The first-order valence-electron chi connectivity index (χ1n) is 6.40. The zero-order valence-electron chi connectivity index (χ0n) is 11.6. The molecule has 0 saturated carbocycles. The van der Waals surface area contributed by atoms with Gasteiger partial charge in [0.05, 0.1) is 13.2 Å². The first-order chi connectivity index (χ1) is 9.22. The van der Waals surface area contributed by atoms with E-state index in [1.807, 2.05) is 24.3 Å². The molecule has 5 nitrogen and oxygen atoms in total. The average molecular weight is 266 g/mol. The average Bonchev–Trinajstić information content (AvgIpc) is 2.37. The van der Waals surface area contributed by atoms with E-state index in [2.05, 4.69) is 10.6 Å². The molecular formula is C14H22N2O3. The van der Waals surface area contributed by atoms with Crippen LogP contribution in [0.5, 0.6) is 0 Å². The van der Waals surface area contributed by atoms with E-state index in [4.69, 9.17) is 9.47 Å². The number of carbonyl (C=O) groups is 1. The van der Waals surface area contributed by atoms with Gasteiger partial charge < -0.3 is 20.1 Å². The van der Waals surface area contributed by atoms with Crippen LogP contribution in [0.25, 0.3) is 0 Å². The summed E-state index contributed by atoms with van der Waals surface area (Å²) in [6.45, 7) is 4.30. The minimum Gasteiger partial charge on any atom is -0.385 e. The molecule has 1 amide bonds. The number of hydrogen-bond donors (Lipinski definition) is 2. The molecule has 19 heavy (non-hydrogen) atoms. The number of ether oxygens (including phenoxy) is 2. The third-order valence-corrected chi connectivity index (χ3v) is 2.41. The molecule has 0 aliphatic heterocycles. The monoisotopic (exact) mass is 266 g/mol. The Morgan fingerprint density at radius 2 is 2.00 bits per heavy atom. The van der Waals surface area contributed by atoms with Crippen LogP contribution in [0, 0.1) is 0 Å². The number of nitrogens with one attached hydrogen (secondary N) is 2. The van der Waals surface area contributed by atoms with Gasteiger partial charge in [0.15, 0.2) is 0 Å². The molecule has 1 aromatic rings. The van der Waals surface area contributed by atoms with E-state index in [9.17, 15) is 4.79 Å². The molecule has 2 N–H and O–H groups in total. The standard InChI is InChI=1S/C14H22N2O3/c1-12(17)16-14-6-3-5-13(11-14)15-7-4-8-19-10-9-18-2/h3,5-6,11,15H,4,7-10H2,1-2H3,(H,16,17). The Hall–Kier alpha value is -1.59. The van der Waals surface area contributed by atoms with Crippen molar-refractivity contribution in [1.29, 1.82) is 0 Å². The Bertz CT molecular complexity index is 383. The highest BCUT2D eigenvalue weighted by Crippen LogP contribution is 2.14. The second-order valence-electron chi connectivity index (χ2n) is 4.15. The molecule has 0 aliphatic rings. The lowest BCUT2D eigenvalue weighted by Crippen LogP contribution is -2.09. The van der Waals surface area contributed by atoms with Gasteiger partial charge in [0.2, 0.25) is 5.91 Å². The maximum Gasteiger partial charge on any atom is 0.221 e. The highest BCUT2D eigenvalue weighted by Gasteiger charge is 1.97. The van der Waals surface area contributed by atoms with E-state index in [1.165, 1.54) is 6.92 Å². The molecule has 0 unspecified atom stereocenters. The van der Waals surface area contributed by atoms with Crippen LogP contribution in [0.2, 0.25) is 0 Å². The number of rotatable bonds is 9. The Balaban J connectivity index is 2.20. The Morgan fingerprint density at radius 3 is 2.74 bits per heavy atom. The molecule has 0 radical (unpaired) electrons. The van der Waals surface area contributed by atoms with Crippen molar-refractivity contribution in [2.45, 2.75) is 13.3 Å². The Labute approximate surface area is 114 Å². The van der Waals surface area contributed by atoms with Crippen molar-refractivity contribution < 1.29 is 14.3 Å². The van der Waals surface area contributed by atoms with Crippen LogP contribution in [-0.2, 0) is 14.3 Å². The van der Waals surface area contributed by atoms with E-state index >= 15 is 0 Å². The molecule has 0 aliphatic carbocycles. The SMILES string of the molecule is COCCOCCCNc1cccc(NC(C)=O)c1. The van der Waals surface area contributed by atoms with Crippen LogP contribution in [-0.4, -0.2) is 39.4 Å². The Morgan fingerprint density at radius 1 is 1.21 bits per heavy atom. The second kappa shape index (κ2) is 9.35. The molecule has 0 atom stereocenters. The normalized spacial score (nSPS) is 10.2. The van der Waals surface area contributed by atoms with Crippen LogP contribution in [0.1, 0.15) is 13.3 Å². The lowest BCUT2D eigenvalue weighted by molar-refractivity contribution is -0.114. The van der Waals surface area contributed by atoms with E-state index in [0.29, 0.717) is 19.8 Å². The minimum absolute atomic E-state index is 0.0660. The van der Waals surface area contributed by atoms with Gasteiger partial charge in [-0.05, 0) is 24.6 Å². The van der Waals surface area contributed by atoms with Crippen molar-refractivity contribution in [1.82, 2.24) is 0 Å². The highest BCUT2D eigenvalue weighted by molar-refractivity contribution is 5.89. The van der Waals surface area contributed by atoms with E-state index in [-0.39, 0.29) is 5.91 Å². The maximum absolute atomic E-state index is 11.0. The lowest BCUT2D eigenvalue weighted by atomic mass is 10.2. The summed E-state index contributed by atoms with van der Waals surface area (Å²) in [7, 11) is 1.66. The van der Waals surface area contributed by atoms with Crippen LogP contribution < -0.4 is 10.6 Å². The molecule has 0 spiro atoms. The fourth-order valence-corrected chi connectivity index (χ4v) is 1.56. The van der Waals surface area contributed by atoms with Gasteiger partial charge in [0.25, 0.3) is 0 Å². The fourth-order valence-electron chi connectivity index (χ4n) is 1.56. The molecule has 0 heterocycles. The minimum atomic E-state index is -0.0660. The Kier molecular flexibility index (Phi) is 7.62. The van der Waals surface area contributed by atoms with Gasteiger partial charge in [-0.2, -0.15) is 0 Å².